The predicted octanol–water partition coefficient (Wildman–Crippen LogP) is 0.526. The number of morpholine rings is 1. The number of ether oxygens (including phenoxy) is 1. The summed E-state index contributed by atoms with van der Waals surface area (Å²) in [5.74, 6) is 2.04. The lowest BCUT2D eigenvalue weighted by Gasteiger charge is -2.33. The number of carbonyl (C=O) groups excluding carboxylic acids is 2. The third kappa shape index (κ3) is 3.53. The predicted molar refractivity (Wildman–Crippen MR) is 88.4 cm³/mol. The van der Waals surface area contributed by atoms with Crippen LogP contribution in [-0.2, 0) is 20.7 Å². The highest BCUT2D eigenvalue weighted by molar-refractivity contribution is 5.89. The lowest BCUT2D eigenvalue weighted by molar-refractivity contribution is -0.143. The minimum atomic E-state index is -0.297. The first-order chi connectivity index (χ1) is 12.1. The molecule has 2 aliphatic heterocycles. The number of H-pyrrole nitrogens is 1. The number of rotatable bonds is 5. The summed E-state index contributed by atoms with van der Waals surface area (Å²) < 4.78 is 5.75. The van der Waals surface area contributed by atoms with Crippen LogP contribution in [0.4, 0.5) is 0 Å². The van der Waals surface area contributed by atoms with E-state index < -0.39 is 0 Å². The maximum Gasteiger partial charge on any atom is 0.228 e. The molecular weight excluding hydrogens is 322 g/mol. The molecule has 0 spiro atoms. The number of aromatic nitrogens is 3. The first kappa shape index (κ1) is 16.5. The molecule has 1 saturated carbocycles. The van der Waals surface area contributed by atoms with E-state index in [1.165, 1.54) is 12.8 Å². The summed E-state index contributed by atoms with van der Waals surface area (Å²) in [5, 5.41) is 7.10. The van der Waals surface area contributed by atoms with Crippen LogP contribution >= 0.6 is 0 Å². The topological polar surface area (TPSA) is 91.4 Å². The summed E-state index contributed by atoms with van der Waals surface area (Å²) >= 11 is 0. The van der Waals surface area contributed by atoms with Crippen LogP contribution in [0.1, 0.15) is 43.9 Å². The Labute approximate surface area is 146 Å². The molecule has 0 radical (unpaired) electrons. The summed E-state index contributed by atoms with van der Waals surface area (Å²) in [6.07, 6.45) is 3.25. The maximum atomic E-state index is 12.9. The Bertz CT molecular complexity index is 656. The lowest BCUT2D eigenvalue weighted by atomic mass is 10.1. The van der Waals surface area contributed by atoms with Crippen LogP contribution in [0.2, 0.25) is 0 Å². The van der Waals surface area contributed by atoms with Gasteiger partial charge in [0.2, 0.25) is 11.8 Å². The third-order valence-corrected chi connectivity index (χ3v) is 5.29. The van der Waals surface area contributed by atoms with E-state index in [1.807, 2.05) is 16.7 Å². The van der Waals surface area contributed by atoms with Crippen molar-refractivity contribution < 1.29 is 14.3 Å². The summed E-state index contributed by atoms with van der Waals surface area (Å²) in [4.78, 5) is 33.1. The van der Waals surface area contributed by atoms with Crippen molar-refractivity contribution in [3.63, 3.8) is 0 Å². The fourth-order valence-electron chi connectivity index (χ4n) is 3.60. The summed E-state index contributed by atoms with van der Waals surface area (Å²) in [6, 6.07) is 0. The molecule has 0 unspecified atom stereocenters. The smallest absolute Gasteiger partial charge is 0.228 e. The van der Waals surface area contributed by atoms with Crippen LogP contribution in [0.15, 0.2) is 0 Å². The molecule has 2 amide bonds. The zero-order valence-electron chi connectivity index (χ0n) is 14.6. The SMILES string of the molecule is CCc1nc([C@H]2CN(C(=O)[C@H]3CC(=O)N(CC4CC4)C3)CCO2)n[nH]1. The van der Waals surface area contributed by atoms with Crippen LogP contribution in [-0.4, -0.2) is 69.6 Å². The normalized spacial score (nSPS) is 27.2. The van der Waals surface area contributed by atoms with Gasteiger partial charge < -0.3 is 14.5 Å². The van der Waals surface area contributed by atoms with Crippen molar-refractivity contribution in [1.29, 1.82) is 0 Å². The van der Waals surface area contributed by atoms with Gasteiger partial charge in [0.05, 0.1) is 19.1 Å². The van der Waals surface area contributed by atoms with Crippen LogP contribution in [0.3, 0.4) is 0 Å². The van der Waals surface area contributed by atoms with E-state index in [9.17, 15) is 9.59 Å². The molecule has 0 aromatic carbocycles. The molecule has 2 saturated heterocycles. The molecule has 136 valence electrons. The average Bonchev–Trinajstić information content (AvgIpc) is 3.18. The monoisotopic (exact) mass is 347 g/mol. The second-order valence-electron chi connectivity index (χ2n) is 7.28. The number of aryl methyl sites for hydroxylation is 1. The van der Waals surface area contributed by atoms with Gasteiger partial charge in [0.1, 0.15) is 11.9 Å². The van der Waals surface area contributed by atoms with Crippen molar-refractivity contribution in [3.05, 3.63) is 11.6 Å². The Morgan fingerprint density at radius 1 is 1.36 bits per heavy atom. The molecule has 1 aliphatic carbocycles. The number of carbonyl (C=O) groups is 2. The van der Waals surface area contributed by atoms with E-state index in [-0.39, 0.29) is 23.8 Å². The van der Waals surface area contributed by atoms with Gasteiger partial charge in [-0.2, -0.15) is 5.10 Å². The van der Waals surface area contributed by atoms with Gasteiger partial charge in [0.25, 0.3) is 0 Å². The summed E-state index contributed by atoms with van der Waals surface area (Å²) in [5.41, 5.74) is 0. The Kier molecular flexibility index (Phi) is 4.45. The zero-order chi connectivity index (χ0) is 17.4. The molecular formula is C17H25N5O3. The maximum absolute atomic E-state index is 12.9. The van der Waals surface area contributed by atoms with Gasteiger partial charge in [-0.3, -0.25) is 14.7 Å². The first-order valence-electron chi connectivity index (χ1n) is 9.23. The van der Waals surface area contributed by atoms with Crippen LogP contribution in [0.5, 0.6) is 0 Å². The van der Waals surface area contributed by atoms with Crippen molar-refractivity contribution >= 4 is 11.8 Å². The first-order valence-corrected chi connectivity index (χ1v) is 9.23. The highest BCUT2D eigenvalue weighted by Gasteiger charge is 2.40. The van der Waals surface area contributed by atoms with Gasteiger partial charge in [-0.25, -0.2) is 4.98 Å². The molecule has 25 heavy (non-hydrogen) atoms. The number of nitrogens with zero attached hydrogens (tertiary/aromatic N) is 4. The van der Waals surface area contributed by atoms with Crippen LogP contribution in [0.25, 0.3) is 0 Å². The van der Waals surface area contributed by atoms with Gasteiger partial charge in [-0.15, -0.1) is 0 Å². The van der Waals surface area contributed by atoms with Crippen LogP contribution in [0, 0.1) is 11.8 Å². The number of aromatic amines is 1. The largest absolute Gasteiger partial charge is 0.366 e. The molecule has 8 heteroatoms. The molecule has 3 aliphatic rings. The molecule has 1 aromatic rings. The number of hydrogen-bond donors (Lipinski definition) is 1. The zero-order valence-corrected chi connectivity index (χ0v) is 14.6. The fraction of sp³-hybridized carbons (Fsp3) is 0.765. The summed E-state index contributed by atoms with van der Waals surface area (Å²) in [7, 11) is 0. The number of likely N-dealkylation sites (tertiary alicyclic amines) is 1. The molecule has 3 heterocycles. The molecule has 8 nitrogen and oxygen atoms in total. The molecule has 2 atom stereocenters. The molecule has 0 bridgehead atoms. The number of amides is 2. The highest BCUT2D eigenvalue weighted by Crippen LogP contribution is 2.32. The highest BCUT2D eigenvalue weighted by atomic mass is 16.5. The fourth-order valence-corrected chi connectivity index (χ4v) is 3.60. The quantitative estimate of drug-likeness (QED) is 0.839. The average molecular weight is 347 g/mol. The van der Waals surface area contributed by atoms with Crippen molar-refractivity contribution in [1.82, 2.24) is 25.0 Å². The molecule has 1 aromatic heterocycles. The second-order valence-corrected chi connectivity index (χ2v) is 7.28. The van der Waals surface area contributed by atoms with Gasteiger partial charge >= 0.3 is 0 Å². The van der Waals surface area contributed by atoms with Crippen molar-refractivity contribution in [2.24, 2.45) is 11.8 Å². The third-order valence-electron chi connectivity index (χ3n) is 5.29. The van der Waals surface area contributed by atoms with E-state index in [0.29, 0.717) is 44.4 Å². The molecule has 4 rings (SSSR count). The second kappa shape index (κ2) is 6.74. The molecule has 3 fully saturated rings. The van der Waals surface area contributed by atoms with Gasteiger partial charge in [0.15, 0.2) is 5.82 Å². The van der Waals surface area contributed by atoms with E-state index in [4.69, 9.17) is 4.74 Å². The van der Waals surface area contributed by atoms with E-state index >= 15 is 0 Å². The molecule has 1 N–H and O–H groups in total. The minimum absolute atomic E-state index is 0.0613. The Balaban J connectivity index is 1.37. The van der Waals surface area contributed by atoms with Gasteiger partial charge in [-0.05, 0) is 18.8 Å². The van der Waals surface area contributed by atoms with Gasteiger partial charge in [0, 0.05) is 32.5 Å². The minimum Gasteiger partial charge on any atom is -0.366 e. The Hall–Kier alpha value is -1.96. The van der Waals surface area contributed by atoms with E-state index in [2.05, 4.69) is 15.2 Å². The number of hydrogen-bond acceptors (Lipinski definition) is 5. The summed E-state index contributed by atoms with van der Waals surface area (Å²) in [6.45, 7) is 4.88. The van der Waals surface area contributed by atoms with Crippen molar-refractivity contribution in [2.45, 2.75) is 38.7 Å². The number of nitrogens with one attached hydrogen (secondary N) is 1. The van der Waals surface area contributed by atoms with Crippen LogP contribution < -0.4 is 0 Å². The van der Waals surface area contributed by atoms with Crippen molar-refractivity contribution in [2.75, 3.05) is 32.8 Å². The standard InChI is InChI=1S/C17H25N5O3/c1-2-14-18-16(20-19-14)13-10-21(5-6-25-13)17(24)12-7-15(23)22(9-12)8-11-3-4-11/h11-13H,2-10H2,1H3,(H,18,19,20)/t12-,13+/m0/s1. The Morgan fingerprint density at radius 3 is 2.92 bits per heavy atom. The van der Waals surface area contributed by atoms with E-state index in [0.717, 1.165) is 18.8 Å². The van der Waals surface area contributed by atoms with Crippen molar-refractivity contribution in [3.8, 4) is 0 Å². The van der Waals surface area contributed by atoms with Gasteiger partial charge in [-0.1, -0.05) is 6.92 Å². The Morgan fingerprint density at radius 2 is 2.20 bits per heavy atom. The lowest BCUT2D eigenvalue weighted by Crippen LogP contribution is -2.45. The van der Waals surface area contributed by atoms with E-state index in [1.54, 1.807) is 0 Å².